The summed E-state index contributed by atoms with van der Waals surface area (Å²) in [6.45, 7) is 9.05. The van der Waals surface area contributed by atoms with E-state index in [1.165, 1.54) is 31.4 Å². The number of nitrogens with one attached hydrogen (secondary N) is 1. The molecule has 0 bridgehead atoms. The first-order valence-corrected chi connectivity index (χ1v) is 7.74. The van der Waals surface area contributed by atoms with Crippen molar-refractivity contribution >= 4 is 16.9 Å². The fourth-order valence-electron chi connectivity index (χ4n) is 2.57. The normalized spacial score (nSPS) is 34.2. The highest BCUT2D eigenvalue weighted by atomic mass is 32.2. The van der Waals surface area contributed by atoms with Crippen LogP contribution in [-0.2, 0) is 0 Å². The third-order valence-corrected chi connectivity index (χ3v) is 4.64. The fraction of sp³-hybridized carbons (Fsp3) is 0.923. The zero-order chi connectivity index (χ0) is 12.5. The summed E-state index contributed by atoms with van der Waals surface area (Å²) < 4.78 is 0. The summed E-state index contributed by atoms with van der Waals surface area (Å²) in [4.78, 5) is 4.80. The van der Waals surface area contributed by atoms with Crippen molar-refractivity contribution in [1.29, 1.82) is 0 Å². The number of hydrogen-bond acceptors (Lipinski definition) is 4. The van der Waals surface area contributed by atoms with Gasteiger partial charge in [-0.2, -0.15) is 0 Å². The molecule has 0 amide bonds. The zero-order valence-electron chi connectivity index (χ0n) is 11.5. The second kappa shape index (κ2) is 5.19. The number of amidine groups is 1. The van der Waals surface area contributed by atoms with E-state index in [2.05, 4.69) is 38.1 Å². The first-order chi connectivity index (χ1) is 7.98. The van der Waals surface area contributed by atoms with E-state index in [1.54, 1.807) is 0 Å². The Bertz CT molecular complexity index is 291. The molecule has 1 saturated heterocycles. The molecule has 17 heavy (non-hydrogen) atoms. The minimum Gasteiger partial charge on any atom is -0.297 e. The van der Waals surface area contributed by atoms with Crippen LogP contribution in [0.25, 0.3) is 0 Å². The van der Waals surface area contributed by atoms with Gasteiger partial charge in [0.1, 0.15) is 0 Å². The fourth-order valence-corrected chi connectivity index (χ4v) is 3.85. The molecule has 2 rings (SSSR count). The molecular weight excluding hydrogens is 230 g/mol. The highest BCUT2D eigenvalue weighted by Crippen LogP contribution is 2.27. The van der Waals surface area contributed by atoms with Crippen LogP contribution in [0.3, 0.4) is 0 Å². The van der Waals surface area contributed by atoms with E-state index in [0.29, 0.717) is 12.1 Å². The molecule has 2 atom stereocenters. The number of aliphatic imine (C=N–C) groups is 1. The van der Waals surface area contributed by atoms with Crippen molar-refractivity contribution in [2.75, 3.05) is 5.75 Å². The average molecular weight is 255 g/mol. The third-order valence-electron chi connectivity index (χ3n) is 3.78. The van der Waals surface area contributed by atoms with Crippen molar-refractivity contribution in [1.82, 2.24) is 10.4 Å². The SMILES string of the molecule is CC1CCCC(C)N1NC1=NC(C)(C)CCS1. The third kappa shape index (κ3) is 3.38. The van der Waals surface area contributed by atoms with Crippen molar-refractivity contribution < 1.29 is 0 Å². The first kappa shape index (κ1) is 13.2. The summed E-state index contributed by atoms with van der Waals surface area (Å²) in [5.41, 5.74) is 3.67. The molecule has 0 aromatic heterocycles. The smallest absolute Gasteiger partial charge is 0.171 e. The molecule has 0 spiro atoms. The topological polar surface area (TPSA) is 27.6 Å². The Hall–Kier alpha value is -0.220. The molecule has 0 saturated carbocycles. The van der Waals surface area contributed by atoms with E-state index in [1.807, 2.05) is 11.8 Å². The lowest BCUT2D eigenvalue weighted by atomic mass is 10.00. The van der Waals surface area contributed by atoms with Gasteiger partial charge in [0, 0.05) is 17.8 Å². The van der Waals surface area contributed by atoms with E-state index in [-0.39, 0.29) is 5.54 Å². The van der Waals surface area contributed by atoms with Gasteiger partial charge in [0.05, 0.1) is 5.54 Å². The van der Waals surface area contributed by atoms with Gasteiger partial charge in [0.25, 0.3) is 0 Å². The van der Waals surface area contributed by atoms with Crippen LogP contribution in [0, 0.1) is 0 Å². The number of hydrazine groups is 1. The van der Waals surface area contributed by atoms with Crippen LogP contribution in [0.1, 0.15) is 53.4 Å². The zero-order valence-corrected chi connectivity index (χ0v) is 12.3. The quantitative estimate of drug-likeness (QED) is 0.780. The molecule has 2 aliphatic heterocycles. The summed E-state index contributed by atoms with van der Waals surface area (Å²) in [7, 11) is 0. The molecule has 2 unspecified atom stereocenters. The predicted octanol–water partition coefficient (Wildman–Crippen LogP) is 3.03. The van der Waals surface area contributed by atoms with Gasteiger partial charge in [0.2, 0.25) is 0 Å². The van der Waals surface area contributed by atoms with E-state index in [4.69, 9.17) is 4.99 Å². The van der Waals surface area contributed by atoms with Crippen LogP contribution in [0.4, 0.5) is 0 Å². The summed E-state index contributed by atoms with van der Waals surface area (Å²) in [5.74, 6) is 1.18. The second-order valence-corrected chi connectivity index (χ2v) is 7.06. The van der Waals surface area contributed by atoms with E-state index in [9.17, 15) is 0 Å². The Morgan fingerprint density at radius 2 is 1.94 bits per heavy atom. The molecule has 4 heteroatoms. The number of rotatable bonds is 1. The minimum absolute atomic E-state index is 0.107. The summed E-state index contributed by atoms with van der Waals surface area (Å²) in [6, 6.07) is 1.24. The average Bonchev–Trinajstić information content (AvgIpc) is 2.22. The lowest BCUT2D eigenvalue weighted by Gasteiger charge is -2.40. The Morgan fingerprint density at radius 3 is 2.53 bits per heavy atom. The molecule has 0 aromatic rings. The van der Waals surface area contributed by atoms with Crippen LogP contribution in [-0.4, -0.2) is 33.6 Å². The van der Waals surface area contributed by atoms with Crippen molar-refractivity contribution in [3.63, 3.8) is 0 Å². The van der Waals surface area contributed by atoms with Crippen molar-refractivity contribution in [2.45, 2.75) is 71.0 Å². The predicted molar refractivity (Wildman–Crippen MR) is 76.3 cm³/mol. The van der Waals surface area contributed by atoms with Crippen LogP contribution in [0.15, 0.2) is 4.99 Å². The molecule has 2 heterocycles. The Labute approximate surface area is 109 Å². The van der Waals surface area contributed by atoms with Crippen molar-refractivity contribution in [2.24, 2.45) is 4.99 Å². The van der Waals surface area contributed by atoms with Crippen LogP contribution >= 0.6 is 11.8 Å². The van der Waals surface area contributed by atoms with Crippen LogP contribution < -0.4 is 5.43 Å². The van der Waals surface area contributed by atoms with Gasteiger partial charge in [0.15, 0.2) is 5.17 Å². The van der Waals surface area contributed by atoms with E-state index >= 15 is 0 Å². The summed E-state index contributed by atoms with van der Waals surface area (Å²) >= 11 is 1.86. The Morgan fingerprint density at radius 1 is 1.29 bits per heavy atom. The first-order valence-electron chi connectivity index (χ1n) is 6.75. The lowest BCUT2D eigenvalue weighted by Crippen LogP contribution is -2.54. The highest BCUT2D eigenvalue weighted by molar-refractivity contribution is 8.13. The largest absolute Gasteiger partial charge is 0.297 e. The van der Waals surface area contributed by atoms with Gasteiger partial charge >= 0.3 is 0 Å². The van der Waals surface area contributed by atoms with Gasteiger partial charge in [-0.3, -0.25) is 10.4 Å². The minimum atomic E-state index is 0.107. The molecule has 0 aromatic carbocycles. The monoisotopic (exact) mass is 255 g/mol. The number of thioether (sulfide) groups is 1. The maximum absolute atomic E-state index is 4.80. The number of nitrogens with zero attached hydrogens (tertiary/aromatic N) is 2. The van der Waals surface area contributed by atoms with Gasteiger partial charge in [-0.15, -0.1) is 0 Å². The van der Waals surface area contributed by atoms with Gasteiger partial charge < -0.3 is 0 Å². The molecule has 2 aliphatic rings. The highest BCUT2D eigenvalue weighted by Gasteiger charge is 2.28. The van der Waals surface area contributed by atoms with Crippen molar-refractivity contribution in [3.8, 4) is 0 Å². The Kier molecular flexibility index (Phi) is 4.03. The van der Waals surface area contributed by atoms with E-state index < -0.39 is 0 Å². The van der Waals surface area contributed by atoms with E-state index in [0.717, 1.165) is 5.17 Å². The van der Waals surface area contributed by atoms with Crippen LogP contribution in [0.2, 0.25) is 0 Å². The molecule has 1 fully saturated rings. The molecule has 98 valence electrons. The molecule has 0 radical (unpaired) electrons. The standard InChI is InChI=1S/C13H25N3S/c1-10-6-5-7-11(2)16(10)15-12-14-13(3,4)8-9-17-12/h10-11H,5-9H2,1-4H3,(H,14,15). The molecule has 1 N–H and O–H groups in total. The maximum Gasteiger partial charge on any atom is 0.171 e. The number of hydrogen-bond donors (Lipinski definition) is 1. The van der Waals surface area contributed by atoms with Gasteiger partial charge in [-0.25, -0.2) is 5.01 Å². The number of piperidine rings is 1. The Balaban J connectivity index is 2.02. The lowest BCUT2D eigenvalue weighted by molar-refractivity contribution is 0.0748. The molecular formula is C13H25N3S. The second-order valence-electron chi connectivity index (χ2n) is 5.98. The summed E-state index contributed by atoms with van der Waals surface area (Å²) in [5, 5.41) is 3.51. The molecule has 3 nitrogen and oxygen atoms in total. The summed E-state index contributed by atoms with van der Waals surface area (Å²) in [6.07, 6.45) is 5.11. The molecule has 0 aliphatic carbocycles. The van der Waals surface area contributed by atoms with Gasteiger partial charge in [-0.1, -0.05) is 18.2 Å². The van der Waals surface area contributed by atoms with Crippen LogP contribution in [0.5, 0.6) is 0 Å². The van der Waals surface area contributed by atoms with Gasteiger partial charge in [-0.05, 0) is 47.0 Å². The maximum atomic E-state index is 4.80. The van der Waals surface area contributed by atoms with Crippen molar-refractivity contribution in [3.05, 3.63) is 0 Å².